The standard InChI is InChI=1S/C18H27ClSi/c19-20-17-13-7-12-16(14-8-3-1-4-9-14)18(17)15-10-5-2-6-11-15/h7,12-15H,1-6,8-11,20H2. The fraction of sp³-hybridized carbons (Fsp3) is 0.667. The summed E-state index contributed by atoms with van der Waals surface area (Å²) in [6, 6.07) is 7.04. The summed E-state index contributed by atoms with van der Waals surface area (Å²) < 4.78 is 0. The number of benzene rings is 1. The molecular weight excluding hydrogens is 280 g/mol. The molecular formula is C18H27ClSi. The van der Waals surface area contributed by atoms with Crippen molar-refractivity contribution in [1.82, 2.24) is 0 Å². The summed E-state index contributed by atoms with van der Waals surface area (Å²) in [7, 11) is -0.567. The first-order valence-electron chi connectivity index (χ1n) is 8.58. The van der Waals surface area contributed by atoms with Crippen molar-refractivity contribution in [2.75, 3.05) is 0 Å². The molecule has 0 aliphatic heterocycles. The van der Waals surface area contributed by atoms with Gasteiger partial charge in [-0.05, 0) is 53.8 Å². The van der Waals surface area contributed by atoms with Gasteiger partial charge in [-0.1, -0.05) is 56.7 Å². The van der Waals surface area contributed by atoms with Crippen molar-refractivity contribution in [3.63, 3.8) is 0 Å². The Labute approximate surface area is 130 Å². The van der Waals surface area contributed by atoms with Crippen molar-refractivity contribution < 1.29 is 0 Å². The van der Waals surface area contributed by atoms with E-state index in [1.54, 1.807) is 16.3 Å². The number of hydrogen-bond acceptors (Lipinski definition) is 0. The van der Waals surface area contributed by atoms with Gasteiger partial charge in [0.05, 0.1) is 0 Å². The molecule has 0 bridgehead atoms. The molecule has 2 fully saturated rings. The molecule has 0 radical (unpaired) electrons. The van der Waals surface area contributed by atoms with E-state index in [0.29, 0.717) is 0 Å². The zero-order valence-corrected chi connectivity index (χ0v) is 14.7. The zero-order valence-electron chi connectivity index (χ0n) is 12.5. The average molecular weight is 307 g/mol. The summed E-state index contributed by atoms with van der Waals surface area (Å²) in [6.07, 6.45) is 14.2. The molecule has 2 aliphatic rings. The van der Waals surface area contributed by atoms with Crippen LogP contribution in [0.4, 0.5) is 0 Å². The van der Waals surface area contributed by atoms with Gasteiger partial charge in [0.15, 0.2) is 8.83 Å². The van der Waals surface area contributed by atoms with Gasteiger partial charge in [-0.25, -0.2) is 0 Å². The molecule has 0 aromatic heterocycles. The maximum Gasteiger partial charge on any atom is 0.156 e. The maximum absolute atomic E-state index is 6.40. The van der Waals surface area contributed by atoms with Crippen LogP contribution in [-0.2, 0) is 0 Å². The molecule has 0 heterocycles. The molecule has 2 heteroatoms. The van der Waals surface area contributed by atoms with Crippen LogP contribution in [0.1, 0.15) is 87.2 Å². The second-order valence-electron chi connectivity index (χ2n) is 6.72. The van der Waals surface area contributed by atoms with E-state index < -0.39 is 8.83 Å². The third kappa shape index (κ3) is 3.14. The van der Waals surface area contributed by atoms with Crippen molar-refractivity contribution in [3.05, 3.63) is 29.3 Å². The smallest absolute Gasteiger partial charge is 0.156 e. The van der Waals surface area contributed by atoms with E-state index in [4.69, 9.17) is 11.1 Å². The van der Waals surface area contributed by atoms with Gasteiger partial charge in [-0.3, -0.25) is 0 Å². The minimum atomic E-state index is -0.567. The van der Waals surface area contributed by atoms with Gasteiger partial charge in [-0.15, -0.1) is 0 Å². The minimum absolute atomic E-state index is 0.567. The molecule has 3 rings (SSSR count). The van der Waals surface area contributed by atoms with Gasteiger partial charge < -0.3 is 0 Å². The Balaban J connectivity index is 1.94. The summed E-state index contributed by atoms with van der Waals surface area (Å²) in [4.78, 5) is 0. The highest BCUT2D eigenvalue weighted by atomic mass is 35.6. The van der Waals surface area contributed by atoms with Crippen LogP contribution in [-0.4, -0.2) is 8.83 Å². The molecule has 0 atom stereocenters. The van der Waals surface area contributed by atoms with Gasteiger partial charge in [0.25, 0.3) is 0 Å². The SMILES string of the molecule is Cl[SiH2]c1cccc(C2CCCCC2)c1C1CCCCC1. The number of halogens is 1. The highest BCUT2D eigenvalue weighted by Crippen LogP contribution is 2.40. The van der Waals surface area contributed by atoms with E-state index in [9.17, 15) is 0 Å². The van der Waals surface area contributed by atoms with E-state index >= 15 is 0 Å². The van der Waals surface area contributed by atoms with Gasteiger partial charge >= 0.3 is 0 Å². The highest BCUT2D eigenvalue weighted by molar-refractivity contribution is 7.01. The second-order valence-corrected chi connectivity index (χ2v) is 8.55. The fourth-order valence-corrected chi connectivity index (χ4v) is 5.97. The Hall–Kier alpha value is -0.273. The monoisotopic (exact) mass is 306 g/mol. The van der Waals surface area contributed by atoms with E-state index in [1.165, 1.54) is 64.2 Å². The van der Waals surface area contributed by atoms with E-state index in [2.05, 4.69) is 18.2 Å². The Morgan fingerprint density at radius 3 is 2.00 bits per heavy atom. The van der Waals surface area contributed by atoms with Crippen LogP contribution < -0.4 is 5.19 Å². The van der Waals surface area contributed by atoms with Crippen LogP contribution in [0, 0.1) is 0 Å². The van der Waals surface area contributed by atoms with Crippen molar-refractivity contribution in [3.8, 4) is 0 Å². The van der Waals surface area contributed by atoms with Gasteiger partial charge in [0.1, 0.15) is 0 Å². The lowest BCUT2D eigenvalue weighted by atomic mass is 9.76. The first kappa shape index (κ1) is 14.7. The molecule has 0 saturated heterocycles. The molecule has 0 unspecified atom stereocenters. The van der Waals surface area contributed by atoms with Crippen molar-refractivity contribution in [1.29, 1.82) is 0 Å². The first-order chi connectivity index (χ1) is 9.90. The Morgan fingerprint density at radius 1 is 0.800 bits per heavy atom. The lowest BCUT2D eigenvalue weighted by Crippen LogP contribution is -2.24. The largest absolute Gasteiger partial charge is 0.170 e. The van der Waals surface area contributed by atoms with Gasteiger partial charge in [-0.2, -0.15) is 11.1 Å². The number of rotatable bonds is 3. The molecule has 0 amide bonds. The fourth-order valence-electron chi connectivity index (χ4n) is 4.41. The topological polar surface area (TPSA) is 0 Å². The van der Waals surface area contributed by atoms with Crippen LogP contribution in [0.2, 0.25) is 0 Å². The molecule has 0 N–H and O–H groups in total. The maximum atomic E-state index is 6.40. The molecule has 0 spiro atoms. The van der Waals surface area contributed by atoms with Crippen LogP contribution in [0.25, 0.3) is 0 Å². The van der Waals surface area contributed by atoms with Crippen LogP contribution in [0.15, 0.2) is 18.2 Å². The third-order valence-electron chi connectivity index (χ3n) is 5.43. The van der Waals surface area contributed by atoms with Gasteiger partial charge in [0.2, 0.25) is 0 Å². The first-order valence-corrected chi connectivity index (χ1v) is 11.4. The lowest BCUT2D eigenvalue weighted by molar-refractivity contribution is 0.420. The third-order valence-corrected chi connectivity index (χ3v) is 7.20. The van der Waals surface area contributed by atoms with E-state index in [1.807, 2.05) is 0 Å². The highest BCUT2D eigenvalue weighted by Gasteiger charge is 2.25. The molecule has 110 valence electrons. The normalized spacial score (nSPS) is 22.6. The van der Waals surface area contributed by atoms with Gasteiger partial charge in [0, 0.05) is 0 Å². The Kier molecular flexibility index (Phi) is 5.23. The molecule has 2 saturated carbocycles. The number of hydrogen-bond donors (Lipinski definition) is 0. The van der Waals surface area contributed by atoms with Crippen LogP contribution >= 0.6 is 11.1 Å². The molecule has 0 nitrogen and oxygen atoms in total. The van der Waals surface area contributed by atoms with E-state index in [-0.39, 0.29) is 0 Å². The summed E-state index contributed by atoms with van der Waals surface area (Å²) in [5.41, 5.74) is 3.42. The summed E-state index contributed by atoms with van der Waals surface area (Å²) in [5, 5.41) is 1.56. The van der Waals surface area contributed by atoms with Crippen molar-refractivity contribution in [2.45, 2.75) is 76.0 Å². The summed E-state index contributed by atoms with van der Waals surface area (Å²) in [5.74, 6) is 1.65. The second kappa shape index (κ2) is 7.13. The molecule has 1 aromatic rings. The average Bonchev–Trinajstić information content (AvgIpc) is 2.55. The Bertz CT molecular complexity index is 431. The molecule has 20 heavy (non-hydrogen) atoms. The Morgan fingerprint density at radius 2 is 1.40 bits per heavy atom. The molecule has 2 aliphatic carbocycles. The lowest BCUT2D eigenvalue weighted by Gasteiger charge is -2.31. The predicted octanol–water partition coefficient (Wildman–Crippen LogP) is 4.73. The zero-order chi connectivity index (χ0) is 13.8. The predicted molar refractivity (Wildman–Crippen MR) is 92.1 cm³/mol. The quantitative estimate of drug-likeness (QED) is 0.559. The van der Waals surface area contributed by atoms with Crippen LogP contribution in [0.3, 0.4) is 0 Å². The van der Waals surface area contributed by atoms with E-state index in [0.717, 1.165) is 11.8 Å². The van der Waals surface area contributed by atoms with Crippen molar-refractivity contribution >= 4 is 25.1 Å². The summed E-state index contributed by atoms with van der Waals surface area (Å²) in [6.45, 7) is 0. The van der Waals surface area contributed by atoms with Crippen molar-refractivity contribution in [2.24, 2.45) is 0 Å². The molecule has 1 aromatic carbocycles. The van der Waals surface area contributed by atoms with Crippen LogP contribution in [0.5, 0.6) is 0 Å². The summed E-state index contributed by atoms with van der Waals surface area (Å²) >= 11 is 6.40. The minimum Gasteiger partial charge on any atom is -0.170 e.